The van der Waals surface area contributed by atoms with Gasteiger partial charge in [-0.2, -0.15) is 0 Å². The summed E-state index contributed by atoms with van der Waals surface area (Å²) < 4.78 is 5.51. The van der Waals surface area contributed by atoms with Crippen LogP contribution in [0.1, 0.15) is 24.8 Å². The van der Waals surface area contributed by atoms with Gasteiger partial charge in [-0.1, -0.05) is 17.7 Å². The number of rotatable bonds is 5. The molecule has 0 bridgehead atoms. The third-order valence-corrected chi connectivity index (χ3v) is 3.04. The van der Waals surface area contributed by atoms with E-state index in [1.165, 1.54) is 0 Å². The quantitative estimate of drug-likeness (QED) is 0.786. The molecule has 0 atom stereocenters. The van der Waals surface area contributed by atoms with Crippen LogP contribution >= 0.6 is 11.6 Å². The molecule has 2 nitrogen and oxygen atoms in total. The monoisotopic (exact) mass is 238 g/mol. The molecule has 1 aromatic carbocycles. The van der Waals surface area contributed by atoms with Gasteiger partial charge in [0, 0.05) is 12.3 Å². The highest BCUT2D eigenvalue weighted by Crippen LogP contribution is 2.31. The molecule has 0 unspecified atom stereocenters. The van der Waals surface area contributed by atoms with Crippen molar-refractivity contribution in [3.63, 3.8) is 0 Å². The zero-order chi connectivity index (χ0) is 11.5. The van der Waals surface area contributed by atoms with Gasteiger partial charge in [-0.25, -0.2) is 0 Å². The van der Waals surface area contributed by atoms with Gasteiger partial charge in [-0.05, 0) is 37.5 Å². The average molecular weight is 239 g/mol. The standard InChI is InChI=1S/C13H15ClO2/c1-9-2-5-11(14)13(8-9)16-7-6-12(15)10-3-4-10/h2,5,8,10H,3-4,6-7H2,1H3. The topological polar surface area (TPSA) is 26.3 Å². The molecule has 1 aliphatic carbocycles. The Morgan fingerprint density at radius 2 is 2.25 bits per heavy atom. The number of carbonyl (C=O) groups is 1. The SMILES string of the molecule is Cc1ccc(Cl)c(OCCC(=O)C2CC2)c1. The van der Waals surface area contributed by atoms with Crippen molar-refractivity contribution in [2.75, 3.05) is 6.61 Å². The van der Waals surface area contributed by atoms with Crippen LogP contribution in [0.25, 0.3) is 0 Å². The molecule has 1 saturated carbocycles. The summed E-state index contributed by atoms with van der Waals surface area (Å²) in [6.45, 7) is 2.41. The second-order valence-corrected chi connectivity index (χ2v) is 4.68. The van der Waals surface area contributed by atoms with Crippen molar-refractivity contribution >= 4 is 17.4 Å². The van der Waals surface area contributed by atoms with Gasteiger partial charge < -0.3 is 4.74 Å². The van der Waals surface area contributed by atoms with Crippen LogP contribution in [0.2, 0.25) is 5.02 Å². The largest absolute Gasteiger partial charge is 0.492 e. The first-order valence-electron chi connectivity index (χ1n) is 5.58. The van der Waals surface area contributed by atoms with E-state index in [2.05, 4.69) is 0 Å². The Balaban J connectivity index is 1.84. The second kappa shape index (κ2) is 4.88. The molecule has 0 aliphatic heterocycles. The van der Waals surface area contributed by atoms with E-state index in [0.717, 1.165) is 18.4 Å². The van der Waals surface area contributed by atoms with E-state index in [4.69, 9.17) is 16.3 Å². The molecular weight excluding hydrogens is 224 g/mol. The van der Waals surface area contributed by atoms with E-state index in [9.17, 15) is 4.79 Å². The molecule has 16 heavy (non-hydrogen) atoms. The molecule has 0 amide bonds. The van der Waals surface area contributed by atoms with Crippen molar-refractivity contribution in [1.82, 2.24) is 0 Å². The fourth-order valence-corrected chi connectivity index (χ4v) is 1.76. The minimum absolute atomic E-state index is 0.316. The summed E-state index contributed by atoms with van der Waals surface area (Å²) in [5.74, 6) is 1.31. The number of ether oxygens (including phenoxy) is 1. The van der Waals surface area contributed by atoms with Gasteiger partial charge in [0.1, 0.15) is 11.5 Å². The number of benzene rings is 1. The molecule has 2 rings (SSSR count). The van der Waals surface area contributed by atoms with Crippen LogP contribution < -0.4 is 4.74 Å². The Kier molecular flexibility index (Phi) is 3.49. The van der Waals surface area contributed by atoms with Gasteiger partial charge >= 0.3 is 0 Å². The van der Waals surface area contributed by atoms with Crippen molar-refractivity contribution in [3.05, 3.63) is 28.8 Å². The van der Waals surface area contributed by atoms with Crippen molar-refractivity contribution in [1.29, 1.82) is 0 Å². The molecule has 0 saturated heterocycles. The van der Waals surface area contributed by atoms with E-state index in [0.29, 0.717) is 35.5 Å². The predicted octanol–water partition coefficient (Wildman–Crippen LogP) is 3.40. The zero-order valence-corrected chi connectivity index (χ0v) is 10.1. The summed E-state index contributed by atoms with van der Waals surface area (Å²) >= 11 is 5.98. The molecule has 1 aromatic rings. The van der Waals surface area contributed by atoms with E-state index in [1.54, 1.807) is 0 Å². The van der Waals surface area contributed by atoms with Crippen molar-refractivity contribution in [2.24, 2.45) is 5.92 Å². The maximum Gasteiger partial charge on any atom is 0.139 e. The van der Waals surface area contributed by atoms with Crippen molar-refractivity contribution in [2.45, 2.75) is 26.2 Å². The fourth-order valence-electron chi connectivity index (χ4n) is 1.59. The summed E-state index contributed by atoms with van der Waals surface area (Å²) in [6, 6.07) is 5.64. The number of aryl methyl sites for hydroxylation is 1. The number of halogens is 1. The minimum Gasteiger partial charge on any atom is -0.492 e. The van der Waals surface area contributed by atoms with Gasteiger partial charge in [0.25, 0.3) is 0 Å². The highest BCUT2D eigenvalue weighted by atomic mass is 35.5. The zero-order valence-electron chi connectivity index (χ0n) is 9.33. The summed E-state index contributed by atoms with van der Waals surface area (Å²) in [4.78, 5) is 11.4. The number of hydrogen-bond donors (Lipinski definition) is 0. The third kappa shape index (κ3) is 2.99. The van der Waals surface area contributed by atoms with E-state index < -0.39 is 0 Å². The van der Waals surface area contributed by atoms with Crippen molar-refractivity contribution in [3.8, 4) is 5.75 Å². The van der Waals surface area contributed by atoms with Crippen LogP contribution in [-0.2, 0) is 4.79 Å². The molecule has 0 heterocycles. The van der Waals surface area contributed by atoms with Gasteiger partial charge in [-0.15, -0.1) is 0 Å². The lowest BCUT2D eigenvalue weighted by molar-refractivity contribution is -0.120. The Morgan fingerprint density at radius 1 is 1.50 bits per heavy atom. The lowest BCUT2D eigenvalue weighted by Gasteiger charge is -2.08. The normalized spacial score (nSPS) is 14.9. The number of ketones is 1. The maximum atomic E-state index is 11.4. The lowest BCUT2D eigenvalue weighted by atomic mass is 10.2. The van der Waals surface area contributed by atoms with Crippen LogP contribution in [0.15, 0.2) is 18.2 Å². The van der Waals surface area contributed by atoms with Gasteiger partial charge in [0.2, 0.25) is 0 Å². The average Bonchev–Trinajstić information content (AvgIpc) is 3.06. The molecule has 1 fully saturated rings. The highest BCUT2D eigenvalue weighted by Gasteiger charge is 2.28. The summed E-state index contributed by atoms with van der Waals surface area (Å²) in [5.41, 5.74) is 1.10. The summed E-state index contributed by atoms with van der Waals surface area (Å²) in [6.07, 6.45) is 2.61. The third-order valence-electron chi connectivity index (χ3n) is 2.73. The van der Waals surface area contributed by atoms with Gasteiger partial charge in [0.05, 0.1) is 11.6 Å². The lowest BCUT2D eigenvalue weighted by Crippen LogP contribution is -2.07. The highest BCUT2D eigenvalue weighted by molar-refractivity contribution is 6.32. The van der Waals surface area contributed by atoms with Crippen LogP contribution in [0.5, 0.6) is 5.75 Å². The fraction of sp³-hybridized carbons (Fsp3) is 0.462. The second-order valence-electron chi connectivity index (χ2n) is 4.27. The maximum absolute atomic E-state index is 11.4. The molecule has 1 aliphatic rings. The number of Topliss-reactive ketones (excluding diaryl/α,β-unsaturated/α-hetero) is 1. The van der Waals surface area contributed by atoms with E-state index in [-0.39, 0.29) is 0 Å². The first-order chi connectivity index (χ1) is 7.66. The van der Waals surface area contributed by atoms with Gasteiger partial charge in [0.15, 0.2) is 0 Å². The molecule has 0 spiro atoms. The number of carbonyl (C=O) groups excluding carboxylic acids is 1. The molecule has 86 valence electrons. The van der Waals surface area contributed by atoms with Crippen LogP contribution in [0.3, 0.4) is 0 Å². The Labute approximate surface area is 101 Å². The molecular formula is C13H15ClO2. The van der Waals surface area contributed by atoms with Crippen LogP contribution in [-0.4, -0.2) is 12.4 Å². The van der Waals surface area contributed by atoms with Gasteiger partial charge in [-0.3, -0.25) is 4.79 Å². The minimum atomic E-state index is 0.316. The molecule has 3 heteroatoms. The van der Waals surface area contributed by atoms with Crippen LogP contribution in [0, 0.1) is 12.8 Å². The first-order valence-corrected chi connectivity index (χ1v) is 5.96. The summed E-state index contributed by atoms with van der Waals surface area (Å²) in [7, 11) is 0. The molecule has 0 N–H and O–H groups in total. The number of hydrogen-bond acceptors (Lipinski definition) is 2. The first kappa shape index (κ1) is 11.5. The van der Waals surface area contributed by atoms with E-state index >= 15 is 0 Å². The smallest absolute Gasteiger partial charge is 0.139 e. The molecule has 0 aromatic heterocycles. The Bertz CT molecular complexity index is 397. The van der Waals surface area contributed by atoms with Crippen LogP contribution in [0.4, 0.5) is 0 Å². The van der Waals surface area contributed by atoms with E-state index in [1.807, 2.05) is 25.1 Å². The predicted molar refractivity (Wildman–Crippen MR) is 64.0 cm³/mol. The van der Waals surface area contributed by atoms with Crippen molar-refractivity contribution < 1.29 is 9.53 Å². The Morgan fingerprint density at radius 3 is 2.94 bits per heavy atom. The molecule has 0 radical (unpaired) electrons. The Hall–Kier alpha value is -1.02. The summed E-state index contributed by atoms with van der Waals surface area (Å²) in [5, 5.41) is 0.601.